The first-order chi connectivity index (χ1) is 9.74. The maximum Gasteiger partial charge on any atom is 0.267 e. The molecule has 8 heteroatoms. The zero-order valence-electron chi connectivity index (χ0n) is 10.8. The zero-order valence-corrected chi connectivity index (χ0v) is 10.8. The molecule has 2 aromatic rings. The lowest BCUT2D eigenvalue weighted by molar-refractivity contribution is -0.131. The standard InChI is InChI=1S/C12H14N6O2/c19-11-2-1-4-14-18(11)9-12(20)16-6-3-10(8-16)17-7-5-13-15-17/h1-2,4-5,7,10H,3,6,8-9H2. The SMILES string of the molecule is O=C(Cn1ncccc1=O)N1CCC(n2ccnn2)C1. The summed E-state index contributed by atoms with van der Waals surface area (Å²) in [6, 6.07) is 3.10. The molecule has 1 atom stereocenters. The minimum Gasteiger partial charge on any atom is -0.339 e. The molecule has 0 bridgehead atoms. The fraction of sp³-hybridized carbons (Fsp3) is 0.417. The van der Waals surface area contributed by atoms with E-state index < -0.39 is 0 Å². The third kappa shape index (κ3) is 2.44. The number of hydrogen-bond donors (Lipinski definition) is 0. The van der Waals surface area contributed by atoms with E-state index in [2.05, 4.69) is 15.4 Å². The van der Waals surface area contributed by atoms with E-state index in [-0.39, 0.29) is 24.1 Å². The molecule has 1 aliphatic heterocycles. The van der Waals surface area contributed by atoms with Gasteiger partial charge >= 0.3 is 0 Å². The van der Waals surface area contributed by atoms with Crippen molar-refractivity contribution in [1.82, 2.24) is 29.7 Å². The highest BCUT2D eigenvalue weighted by Crippen LogP contribution is 2.20. The Hall–Kier alpha value is -2.51. The van der Waals surface area contributed by atoms with Gasteiger partial charge in [-0.25, -0.2) is 9.36 Å². The van der Waals surface area contributed by atoms with Crippen LogP contribution in [0.25, 0.3) is 0 Å². The maximum absolute atomic E-state index is 12.2. The molecule has 20 heavy (non-hydrogen) atoms. The second-order valence-electron chi connectivity index (χ2n) is 4.68. The number of carbonyl (C=O) groups is 1. The smallest absolute Gasteiger partial charge is 0.267 e. The number of aromatic nitrogens is 5. The van der Waals surface area contributed by atoms with Gasteiger partial charge in [-0.05, 0) is 12.5 Å². The molecular formula is C12H14N6O2. The Kier molecular flexibility index (Phi) is 3.28. The topological polar surface area (TPSA) is 85.9 Å². The molecule has 0 spiro atoms. The largest absolute Gasteiger partial charge is 0.339 e. The molecule has 1 saturated heterocycles. The minimum absolute atomic E-state index is 0.0241. The van der Waals surface area contributed by atoms with E-state index >= 15 is 0 Å². The number of likely N-dealkylation sites (tertiary alicyclic amines) is 1. The molecule has 2 aromatic heterocycles. The van der Waals surface area contributed by atoms with Crippen LogP contribution in [0.2, 0.25) is 0 Å². The fourth-order valence-corrected chi connectivity index (χ4v) is 2.33. The second kappa shape index (κ2) is 5.24. The lowest BCUT2D eigenvalue weighted by Crippen LogP contribution is -2.36. The van der Waals surface area contributed by atoms with Crippen molar-refractivity contribution in [2.45, 2.75) is 19.0 Å². The number of nitrogens with zero attached hydrogens (tertiary/aromatic N) is 6. The first-order valence-electron chi connectivity index (χ1n) is 6.40. The highest BCUT2D eigenvalue weighted by Gasteiger charge is 2.28. The van der Waals surface area contributed by atoms with Gasteiger partial charge in [0.25, 0.3) is 5.56 Å². The van der Waals surface area contributed by atoms with Gasteiger partial charge in [0.15, 0.2) is 0 Å². The predicted octanol–water partition coefficient (Wildman–Crippen LogP) is -0.692. The van der Waals surface area contributed by atoms with Crippen LogP contribution >= 0.6 is 0 Å². The summed E-state index contributed by atoms with van der Waals surface area (Å²) < 4.78 is 2.94. The molecular weight excluding hydrogens is 260 g/mol. The van der Waals surface area contributed by atoms with Gasteiger partial charge in [-0.1, -0.05) is 5.21 Å². The lowest BCUT2D eigenvalue weighted by Gasteiger charge is -2.16. The van der Waals surface area contributed by atoms with Crippen molar-refractivity contribution in [3.05, 3.63) is 41.1 Å². The van der Waals surface area contributed by atoms with E-state index in [9.17, 15) is 9.59 Å². The van der Waals surface area contributed by atoms with Crippen LogP contribution in [-0.2, 0) is 11.3 Å². The number of hydrogen-bond acceptors (Lipinski definition) is 5. The third-order valence-electron chi connectivity index (χ3n) is 3.40. The Balaban J connectivity index is 1.65. The molecule has 3 heterocycles. The summed E-state index contributed by atoms with van der Waals surface area (Å²) in [6.07, 6.45) is 5.75. The van der Waals surface area contributed by atoms with Gasteiger partial charge in [0.05, 0.1) is 12.2 Å². The Morgan fingerprint density at radius 3 is 3.05 bits per heavy atom. The van der Waals surface area contributed by atoms with Crippen LogP contribution < -0.4 is 5.56 Å². The highest BCUT2D eigenvalue weighted by atomic mass is 16.2. The van der Waals surface area contributed by atoms with Crippen LogP contribution in [0.1, 0.15) is 12.5 Å². The molecule has 1 amide bonds. The highest BCUT2D eigenvalue weighted by molar-refractivity contribution is 5.76. The first kappa shape index (κ1) is 12.5. The maximum atomic E-state index is 12.2. The Morgan fingerprint density at radius 2 is 2.30 bits per heavy atom. The normalized spacial score (nSPS) is 18.4. The average molecular weight is 274 g/mol. The van der Waals surface area contributed by atoms with Crippen molar-refractivity contribution in [1.29, 1.82) is 0 Å². The number of carbonyl (C=O) groups excluding carboxylic acids is 1. The van der Waals surface area contributed by atoms with Gasteiger partial charge in [0.1, 0.15) is 6.54 Å². The zero-order chi connectivity index (χ0) is 13.9. The van der Waals surface area contributed by atoms with Crippen molar-refractivity contribution in [3.8, 4) is 0 Å². The molecule has 1 fully saturated rings. The van der Waals surface area contributed by atoms with Crippen molar-refractivity contribution in [2.24, 2.45) is 0 Å². The van der Waals surface area contributed by atoms with Crippen molar-refractivity contribution in [2.75, 3.05) is 13.1 Å². The summed E-state index contributed by atoms with van der Waals surface area (Å²) in [5.74, 6) is -0.103. The summed E-state index contributed by atoms with van der Waals surface area (Å²) >= 11 is 0. The second-order valence-corrected chi connectivity index (χ2v) is 4.68. The van der Waals surface area contributed by atoms with Crippen LogP contribution in [0, 0.1) is 0 Å². The molecule has 1 unspecified atom stereocenters. The summed E-state index contributed by atoms with van der Waals surface area (Å²) in [5, 5.41) is 11.6. The average Bonchev–Trinajstić information content (AvgIpc) is 3.11. The fourth-order valence-electron chi connectivity index (χ4n) is 2.33. The van der Waals surface area contributed by atoms with E-state index in [1.807, 2.05) is 0 Å². The summed E-state index contributed by atoms with van der Waals surface area (Å²) in [4.78, 5) is 25.4. The minimum atomic E-state index is -0.270. The molecule has 8 nitrogen and oxygen atoms in total. The van der Waals surface area contributed by atoms with E-state index in [0.717, 1.165) is 6.42 Å². The van der Waals surface area contributed by atoms with Crippen LogP contribution in [0.4, 0.5) is 0 Å². The molecule has 0 aromatic carbocycles. The molecule has 0 radical (unpaired) electrons. The Bertz CT molecular complexity index is 650. The van der Waals surface area contributed by atoms with Crippen molar-refractivity contribution in [3.63, 3.8) is 0 Å². The van der Waals surface area contributed by atoms with Gasteiger partial charge in [-0.15, -0.1) is 5.10 Å². The number of amides is 1. The Labute approximate surface area is 114 Å². The van der Waals surface area contributed by atoms with E-state index in [1.165, 1.54) is 16.9 Å². The van der Waals surface area contributed by atoms with E-state index in [0.29, 0.717) is 13.1 Å². The van der Waals surface area contributed by atoms with Gasteiger partial charge < -0.3 is 4.90 Å². The third-order valence-corrected chi connectivity index (χ3v) is 3.40. The van der Waals surface area contributed by atoms with Gasteiger partial charge in [-0.3, -0.25) is 9.59 Å². The quantitative estimate of drug-likeness (QED) is 0.739. The van der Waals surface area contributed by atoms with Gasteiger partial charge in [-0.2, -0.15) is 5.10 Å². The van der Waals surface area contributed by atoms with E-state index in [4.69, 9.17) is 0 Å². The molecule has 3 rings (SSSR count). The molecule has 0 saturated carbocycles. The molecule has 0 aliphatic carbocycles. The van der Waals surface area contributed by atoms with E-state index in [1.54, 1.807) is 28.0 Å². The summed E-state index contributed by atoms with van der Waals surface area (Å²) in [5.41, 5.74) is -0.270. The summed E-state index contributed by atoms with van der Waals surface area (Å²) in [6.45, 7) is 1.22. The van der Waals surface area contributed by atoms with Crippen molar-refractivity contribution >= 4 is 5.91 Å². The van der Waals surface area contributed by atoms with Crippen LogP contribution in [0.3, 0.4) is 0 Å². The predicted molar refractivity (Wildman–Crippen MR) is 68.8 cm³/mol. The summed E-state index contributed by atoms with van der Waals surface area (Å²) in [7, 11) is 0. The van der Waals surface area contributed by atoms with Gasteiger partial charge in [0.2, 0.25) is 5.91 Å². The van der Waals surface area contributed by atoms with Crippen molar-refractivity contribution < 1.29 is 4.79 Å². The first-order valence-corrected chi connectivity index (χ1v) is 6.40. The molecule has 0 N–H and O–H groups in total. The van der Waals surface area contributed by atoms with Crippen LogP contribution in [0.15, 0.2) is 35.5 Å². The monoisotopic (exact) mass is 274 g/mol. The molecule has 1 aliphatic rings. The Morgan fingerprint density at radius 1 is 1.40 bits per heavy atom. The van der Waals surface area contributed by atoms with Crippen LogP contribution in [-0.4, -0.2) is 48.7 Å². The number of rotatable bonds is 3. The lowest BCUT2D eigenvalue weighted by atomic mass is 10.3. The van der Waals surface area contributed by atoms with Gasteiger partial charge in [0, 0.05) is 31.5 Å². The molecule has 104 valence electrons. The van der Waals surface area contributed by atoms with Crippen LogP contribution in [0.5, 0.6) is 0 Å².